The van der Waals surface area contributed by atoms with E-state index in [4.69, 9.17) is 10.5 Å². The van der Waals surface area contributed by atoms with Crippen LogP contribution in [-0.2, 0) is 17.0 Å². The Labute approximate surface area is 116 Å². The maximum atomic E-state index is 15.3. The third-order valence-corrected chi connectivity index (χ3v) is 3.73. The molecule has 6 heteroatoms. The number of nitrogens with zero attached hydrogens (tertiary/aromatic N) is 2. The standard InChI is InChI=1S/C12H21BrFN3O/c1-11(2,3)12(14,8-15)10-9(13)7-16-17(10)5-6-18-4/h7H,5-6,8,15H2,1-4H3. The van der Waals surface area contributed by atoms with E-state index in [0.29, 0.717) is 23.3 Å². The fraction of sp³-hybridized carbons (Fsp3) is 0.750. The van der Waals surface area contributed by atoms with Gasteiger partial charge in [-0.1, -0.05) is 20.8 Å². The summed E-state index contributed by atoms with van der Waals surface area (Å²) < 4.78 is 22.6. The Bertz CT molecular complexity index is 403. The van der Waals surface area contributed by atoms with Gasteiger partial charge >= 0.3 is 0 Å². The predicted molar refractivity (Wildman–Crippen MR) is 73.1 cm³/mol. The number of ether oxygens (including phenoxy) is 1. The molecule has 1 atom stereocenters. The van der Waals surface area contributed by atoms with E-state index in [1.165, 1.54) is 0 Å². The zero-order chi connectivity index (χ0) is 14.0. The largest absolute Gasteiger partial charge is 0.383 e. The Kier molecular flexibility index (Phi) is 4.91. The number of hydrogen-bond acceptors (Lipinski definition) is 3. The molecule has 0 saturated carbocycles. The zero-order valence-electron chi connectivity index (χ0n) is 11.3. The maximum absolute atomic E-state index is 15.3. The number of methoxy groups -OCH3 is 1. The van der Waals surface area contributed by atoms with E-state index in [1.54, 1.807) is 18.0 Å². The van der Waals surface area contributed by atoms with Gasteiger partial charge in [-0.15, -0.1) is 0 Å². The molecule has 0 bridgehead atoms. The molecule has 0 aliphatic heterocycles. The Morgan fingerprint density at radius 2 is 2.11 bits per heavy atom. The summed E-state index contributed by atoms with van der Waals surface area (Å²) in [4.78, 5) is 0. The van der Waals surface area contributed by atoms with Gasteiger partial charge in [-0.05, 0) is 15.9 Å². The fourth-order valence-electron chi connectivity index (χ4n) is 1.86. The summed E-state index contributed by atoms with van der Waals surface area (Å²) in [5.74, 6) is 0. The number of alkyl halides is 1. The van der Waals surface area contributed by atoms with Crippen LogP contribution in [-0.4, -0.2) is 30.0 Å². The van der Waals surface area contributed by atoms with Crippen molar-refractivity contribution >= 4 is 15.9 Å². The molecular weight excluding hydrogens is 301 g/mol. The van der Waals surface area contributed by atoms with Crippen molar-refractivity contribution in [2.24, 2.45) is 11.1 Å². The van der Waals surface area contributed by atoms with Crippen molar-refractivity contribution in [3.8, 4) is 0 Å². The van der Waals surface area contributed by atoms with Crippen LogP contribution in [0.3, 0.4) is 0 Å². The molecule has 0 amide bonds. The molecule has 18 heavy (non-hydrogen) atoms. The molecule has 4 nitrogen and oxygen atoms in total. The average Bonchev–Trinajstić information content (AvgIpc) is 2.65. The molecule has 1 aromatic heterocycles. The lowest BCUT2D eigenvalue weighted by Crippen LogP contribution is -2.44. The van der Waals surface area contributed by atoms with Gasteiger partial charge in [0.2, 0.25) is 0 Å². The minimum Gasteiger partial charge on any atom is -0.383 e. The Morgan fingerprint density at radius 3 is 2.56 bits per heavy atom. The van der Waals surface area contributed by atoms with Crippen LogP contribution >= 0.6 is 15.9 Å². The second kappa shape index (κ2) is 5.67. The SMILES string of the molecule is COCCn1ncc(Br)c1C(F)(CN)C(C)(C)C. The van der Waals surface area contributed by atoms with E-state index in [9.17, 15) is 0 Å². The Morgan fingerprint density at radius 1 is 1.50 bits per heavy atom. The lowest BCUT2D eigenvalue weighted by Gasteiger charge is -2.37. The van der Waals surface area contributed by atoms with Gasteiger partial charge in [0.25, 0.3) is 0 Å². The summed E-state index contributed by atoms with van der Waals surface area (Å²) in [6.07, 6.45) is 1.60. The molecule has 1 rings (SSSR count). The molecule has 0 saturated heterocycles. The molecule has 0 radical (unpaired) electrons. The molecular formula is C12H21BrFN3O. The summed E-state index contributed by atoms with van der Waals surface area (Å²) >= 11 is 3.36. The Hall–Kier alpha value is -0.460. The van der Waals surface area contributed by atoms with Crippen molar-refractivity contribution in [1.82, 2.24) is 9.78 Å². The number of hydrogen-bond donors (Lipinski definition) is 1. The van der Waals surface area contributed by atoms with Gasteiger partial charge in [0.15, 0.2) is 5.67 Å². The van der Waals surface area contributed by atoms with Crippen LogP contribution in [0.2, 0.25) is 0 Å². The second-order valence-corrected chi connectivity index (χ2v) is 6.17. The van der Waals surface area contributed by atoms with Gasteiger partial charge in [0, 0.05) is 19.1 Å². The second-order valence-electron chi connectivity index (χ2n) is 5.31. The molecule has 104 valence electrons. The summed E-state index contributed by atoms with van der Waals surface area (Å²) in [5, 5.41) is 4.18. The van der Waals surface area contributed by atoms with E-state index in [0.717, 1.165) is 0 Å². The molecule has 0 aliphatic carbocycles. The molecule has 2 N–H and O–H groups in total. The average molecular weight is 322 g/mol. The molecule has 0 fully saturated rings. The van der Waals surface area contributed by atoms with Crippen molar-refractivity contribution < 1.29 is 9.13 Å². The van der Waals surface area contributed by atoms with E-state index in [-0.39, 0.29) is 6.54 Å². The van der Waals surface area contributed by atoms with Crippen LogP contribution in [0.25, 0.3) is 0 Å². The number of halogens is 2. The molecule has 0 spiro atoms. The van der Waals surface area contributed by atoms with Gasteiger partial charge in [0.05, 0.1) is 29.5 Å². The van der Waals surface area contributed by atoms with Crippen LogP contribution in [0.5, 0.6) is 0 Å². The van der Waals surface area contributed by atoms with Crippen LogP contribution in [0.4, 0.5) is 4.39 Å². The van der Waals surface area contributed by atoms with Crippen molar-refractivity contribution in [2.75, 3.05) is 20.3 Å². The highest BCUT2D eigenvalue weighted by atomic mass is 79.9. The smallest absolute Gasteiger partial charge is 0.170 e. The molecule has 1 unspecified atom stereocenters. The zero-order valence-corrected chi connectivity index (χ0v) is 12.9. The van der Waals surface area contributed by atoms with Crippen LogP contribution in [0.1, 0.15) is 26.5 Å². The Balaban J connectivity index is 3.24. The first kappa shape index (κ1) is 15.6. The third kappa shape index (κ3) is 2.75. The predicted octanol–water partition coefficient (Wildman–Crippen LogP) is 2.46. The summed E-state index contributed by atoms with van der Waals surface area (Å²) in [5.41, 5.74) is 3.90. The van der Waals surface area contributed by atoms with Crippen LogP contribution in [0.15, 0.2) is 10.7 Å². The first-order chi connectivity index (χ1) is 8.28. The molecule has 1 heterocycles. The van der Waals surface area contributed by atoms with Crippen molar-refractivity contribution in [3.05, 3.63) is 16.4 Å². The van der Waals surface area contributed by atoms with Gasteiger partial charge < -0.3 is 10.5 Å². The first-order valence-corrected chi connectivity index (χ1v) is 6.67. The number of aromatic nitrogens is 2. The highest BCUT2D eigenvalue weighted by Gasteiger charge is 2.46. The van der Waals surface area contributed by atoms with E-state index in [1.807, 2.05) is 20.8 Å². The van der Waals surface area contributed by atoms with Gasteiger partial charge in [-0.3, -0.25) is 4.68 Å². The lowest BCUT2D eigenvalue weighted by molar-refractivity contribution is 0.0231. The molecule has 0 aromatic carbocycles. The van der Waals surface area contributed by atoms with E-state index < -0.39 is 11.1 Å². The lowest BCUT2D eigenvalue weighted by atomic mass is 9.76. The minimum atomic E-state index is -1.64. The number of rotatable bonds is 5. The quantitative estimate of drug-likeness (QED) is 0.906. The van der Waals surface area contributed by atoms with Crippen LogP contribution < -0.4 is 5.73 Å². The number of nitrogens with two attached hydrogens (primary N) is 1. The van der Waals surface area contributed by atoms with Gasteiger partial charge in [-0.25, -0.2) is 4.39 Å². The summed E-state index contributed by atoms with van der Waals surface area (Å²) in [6.45, 7) is 6.39. The highest BCUT2D eigenvalue weighted by Crippen LogP contribution is 2.44. The minimum absolute atomic E-state index is 0.0895. The summed E-state index contributed by atoms with van der Waals surface area (Å²) in [7, 11) is 1.60. The van der Waals surface area contributed by atoms with Crippen molar-refractivity contribution in [2.45, 2.75) is 33.0 Å². The van der Waals surface area contributed by atoms with Crippen molar-refractivity contribution in [3.63, 3.8) is 0 Å². The fourth-order valence-corrected chi connectivity index (χ4v) is 2.47. The van der Waals surface area contributed by atoms with Crippen molar-refractivity contribution in [1.29, 1.82) is 0 Å². The summed E-state index contributed by atoms with van der Waals surface area (Å²) in [6, 6.07) is 0. The normalized spacial score (nSPS) is 15.7. The molecule has 1 aromatic rings. The van der Waals surface area contributed by atoms with Gasteiger partial charge in [0.1, 0.15) is 0 Å². The molecule has 0 aliphatic rings. The maximum Gasteiger partial charge on any atom is 0.170 e. The van der Waals surface area contributed by atoms with E-state index >= 15 is 4.39 Å². The third-order valence-electron chi connectivity index (χ3n) is 3.15. The van der Waals surface area contributed by atoms with Gasteiger partial charge in [-0.2, -0.15) is 5.10 Å². The highest BCUT2D eigenvalue weighted by molar-refractivity contribution is 9.10. The monoisotopic (exact) mass is 321 g/mol. The topological polar surface area (TPSA) is 53.1 Å². The first-order valence-electron chi connectivity index (χ1n) is 5.87. The van der Waals surface area contributed by atoms with Crippen LogP contribution in [0, 0.1) is 5.41 Å². The van der Waals surface area contributed by atoms with E-state index in [2.05, 4.69) is 21.0 Å².